The first kappa shape index (κ1) is 14.2. The number of nitrogens with zero attached hydrogens (tertiary/aromatic N) is 1. The molecule has 0 saturated carbocycles. The molecular formula is C13H13BrN2O2S. The number of methoxy groups -OCH3 is 1. The highest BCUT2D eigenvalue weighted by atomic mass is 79.9. The fourth-order valence-electron chi connectivity index (χ4n) is 1.54. The Morgan fingerprint density at radius 3 is 2.68 bits per heavy atom. The van der Waals surface area contributed by atoms with Crippen LogP contribution in [0, 0.1) is 4.64 Å². The Balaban J connectivity index is 2.14. The third-order valence-corrected chi connectivity index (χ3v) is 3.80. The molecule has 1 heterocycles. The monoisotopic (exact) mass is 340 g/mol. The van der Waals surface area contributed by atoms with Gasteiger partial charge >= 0.3 is 0 Å². The molecule has 0 spiro atoms. The Morgan fingerprint density at radius 2 is 2.00 bits per heavy atom. The number of benzene rings is 1. The number of halogens is 1. The van der Waals surface area contributed by atoms with E-state index >= 15 is 0 Å². The van der Waals surface area contributed by atoms with Gasteiger partial charge in [-0.1, -0.05) is 30.4 Å². The summed E-state index contributed by atoms with van der Waals surface area (Å²) in [5.41, 5.74) is 0.856. The van der Waals surface area contributed by atoms with Crippen LogP contribution in [-0.4, -0.2) is 17.1 Å². The molecule has 0 aliphatic rings. The van der Waals surface area contributed by atoms with Crippen molar-refractivity contribution >= 4 is 28.1 Å². The van der Waals surface area contributed by atoms with Gasteiger partial charge in [0.25, 0.3) is 0 Å². The Bertz CT molecular complexity index is 601. The second-order valence-corrected chi connectivity index (χ2v) is 5.00. The minimum Gasteiger partial charge on any atom is -0.486 e. The van der Waals surface area contributed by atoms with E-state index in [9.17, 15) is 0 Å². The van der Waals surface area contributed by atoms with E-state index in [0.717, 1.165) is 15.9 Å². The van der Waals surface area contributed by atoms with Crippen molar-refractivity contribution in [3.8, 4) is 5.75 Å². The molecule has 1 aromatic heterocycles. The summed E-state index contributed by atoms with van der Waals surface area (Å²) in [6.07, 6.45) is 0. The first-order valence-electron chi connectivity index (χ1n) is 5.65. The molecule has 2 aromatic rings. The second-order valence-electron chi connectivity index (χ2n) is 3.82. The molecule has 1 aromatic carbocycles. The number of hydrogen-bond donors (Lipinski definition) is 1. The van der Waals surface area contributed by atoms with Gasteiger partial charge in [-0.3, -0.25) is 0 Å². The van der Waals surface area contributed by atoms with Gasteiger partial charge in [-0.25, -0.2) is 4.98 Å². The zero-order chi connectivity index (χ0) is 13.7. The number of ether oxygens (including phenoxy) is 2. The molecule has 6 heteroatoms. The van der Waals surface area contributed by atoms with E-state index in [1.807, 2.05) is 30.3 Å². The summed E-state index contributed by atoms with van der Waals surface area (Å²) in [4.78, 5) is 7.41. The molecular weight excluding hydrogens is 328 g/mol. The van der Waals surface area contributed by atoms with Crippen LogP contribution in [0.25, 0.3) is 0 Å². The molecule has 19 heavy (non-hydrogen) atoms. The van der Waals surface area contributed by atoms with Crippen LogP contribution in [0.3, 0.4) is 0 Å². The molecule has 0 amide bonds. The van der Waals surface area contributed by atoms with Crippen molar-refractivity contribution in [1.82, 2.24) is 9.97 Å². The number of aromatic nitrogens is 2. The quantitative estimate of drug-likeness (QED) is 0.844. The summed E-state index contributed by atoms with van der Waals surface area (Å²) in [5, 5.41) is 0. The number of nitrogens with one attached hydrogen (secondary N) is 1. The SMILES string of the molecule is COCc1[nH]c(COc2ccccc2)nc(=S)c1Br. The molecule has 0 saturated heterocycles. The van der Waals surface area contributed by atoms with Crippen LogP contribution < -0.4 is 4.74 Å². The van der Waals surface area contributed by atoms with E-state index in [4.69, 9.17) is 21.7 Å². The van der Waals surface area contributed by atoms with Crippen LogP contribution in [0.5, 0.6) is 5.75 Å². The lowest BCUT2D eigenvalue weighted by atomic mass is 10.3. The fraction of sp³-hybridized carbons (Fsp3) is 0.231. The lowest BCUT2D eigenvalue weighted by Gasteiger charge is -2.09. The average Bonchev–Trinajstić information content (AvgIpc) is 2.43. The summed E-state index contributed by atoms with van der Waals surface area (Å²) in [7, 11) is 1.63. The summed E-state index contributed by atoms with van der Waals surface area (Å²) < 4.78 is 12.0. The molecule has 4 nitrogen and oxygen atoms in total. The Labute approximate surface area is 124 Å². The summed E-state index contributed by atoms with van der Waals surface area (Å²) >= 11 is 8.58. The van der Waals surface area contributed by atoms with E-state index in [1.165, 1.54) is 0 Å². The largest absolute Gasteiger partial charge is 0.486 e. The van der Waals surface area contributed by atoms with Crippen molar-refractivity contribution < 1.29 is 9.47 Å². The van der Waals surface area contributed by atoms with Crippen LogP contribution in [0.4, 0.5) is 0 Å². The maximum atomic E-state index is 5.62. The van der Waals surface area contributed by atoms with E-state index in [1.54, 1.807) is 7.11 Å². The van der Waals surface area contributed by atoms with E-state index in [2.05, 4.69) is 25.9 Å². The van der Waals surface area contributed by atoms with Crippen LogP contribution >= 0.6 is 28.1 Å². The lowest BCUT2D eigenvalue weighted by molar-refractivity contribution is 0.180. The third kappa shape index (κ3) is 3.86. The van der Waals surface area contributed by atoms with Crippen LogP contribution in [0.15, 0.2) is 34.8 Å². The Morgan fingerprint density at radius 1 is 1.26 bits per heavy atom. The number of para-hydroxylation sites is 1. The molecule has 0 fully saturated rings. The minimum atomic E-state index is 0.331. The topological polar surface area (TPSA) is 47.1 Å². The van der Waals surface area contributed by atoms with E-state index < -0.39 is 0 Å². The molecule has 0 radical (unpaired) electrons. The highest BCUT2D eigenvalue weighted by Gasteiger charge is 2.06. The number of H-pyrrole nitrogens is 1. The maximum Gasteiger partial charge on any atom is 0.146 e. The van der Waals surface area contributed by atoms with Gasteiger partial charge in [0.15, 0.2) is 0 Å². The summed E-state index contributed by atoms with van der Waals surface area (Å²) in [6, 6.07) is 9.56. The standard InChI is InChI=1S/C13H13BrN2O2S/c1-17-7-10-12(14)13(19)16-11(15-10)8-18-9-5-3-2-4-6-9/h2-6H,7-8H2,1H3,(H,15,16,19). The van der Waals surface area contributed by atoms with Crippen molar-refractivity contribution in [2.24, 2.45) is 0 Å². The molecule has 0 bridgehead atoms. The average molecular weight is 341 g/mol. The predicted molar refractivity (Wildman–Crippen MR) is 78.6 cm³/mol. The van der Waals surface area contributed by atoms with Gasteiger partial charge in [0.1, 0.15) is 22.8 Å². The zero-order valence-corrected chi connectivity index (χ0v) is 12.8. The molecule has 0 unspecified atom stereocenters. The maximum absolute atomic E-state index is 5.62. The first-order chi connectivity index (χ1) is 9.20. The van der Waals surface area contributed by atoms with Gasteiger partial charge in [-0.15, -0.1) is 0 Å². The molecule has 0 atom stereocenters. The van der Waals surface area contributed by atoms with Gasteiger partial charge in [-0.2, -0.15) is 0 Å². The molecule has 0 aliphatic carbocycles. The van der Waals surface area contributed by atoms with Crippen molar-refractivity contribution in [1.29, 1.82) is 0 Å². The van der Waals surface area contributed by atoms with Gasteiger partial charge in [-0.05, 0) is 28.1 Å². The van der Waals surface area contributed by atoms with E-state index in [-0.39, 0.29) is 0 Å². The summed E-state index contributed by atoms with van der Waals surface area (Å²) in [6.45, 7) is 0.767. The molecule has 100 valence electrons. The second kappa shape index (κ2) is 6.79. The van der Waals surface area contributed by atoms with Gasteiger partial charge in [0, 0.05) is 7.11 Å². The normalized spacial score (nSPS) is 10.4. The minimum absolute atomic E-state index is 0.331. The van der Waals surface area contributed by atoms with Crippen molar-refractivity contribution in [3.05, 3.63) is 51.0 Å². The predicted octanol–water partition coefficient (Wildman–Crippen LogP) is 3.63. The smallest absolute Gasteiger partial charge is 0.146 e. The lowest BCUT2D eigenvalue weighted by Crippen LogP contribution is -2.06. The highest BCUT2D eigenvalue weighted by molar-refractivity contribution is 9.10. The Kier molecular flexibility index (Phi) is 5.07. The number of hydrogen-bond acceptors (Lipinski definition) is 4. The first-order valence-corrected chi connectivity index (χ1v) is 6.85. The van der Waals surface area contributed by atoms with Gasteiger partial charge < -0.3 is 14.5 Å². The zero-order valence-electron chi connectivity index (χ0n) is 10.4. The fourth-order valence-corrected chi connectivity index (χ4v) is 2.07. The van der Waals surface area contributed by atoms with Crippen LogP contribution in [0.2, 0.25) is 0 Å². The molecule has 0 aliphatic heterocycles. The van der Waals surface area contributed by atoms with Crippen LogP contribution in [-0.2, 0) is 18.0 Å². The highest BCUT2D eigenvalue weighted by Crippen LogP contribution is 2.17. The van der Waals surface area contributed by atoms with Gasteiger partial charge in [0.2, 0.25) is 0 Å². The third-order valence-electron chi connectivity index (χ3n) is 2.39. The molecule has 1 N–H and O–H groups in total. The number of rotatable bonds is 5. The number of aromatic amines is 1. The summed E-state index contributed by atoms with van der Waals surface area (Å²) in [5.74, 6) is 1.46. The molecule has 2 rings (SSSR count). The Hall–Kier alpha value is -1.24. The van der Waals surface area contributed by atoms with E-state index in [0.29, 0.717) is 23.7 Å². The van der Waals surface area contributed by atoms with Crippen molar-refractivity contribution in [2.45, 2.75) is 13.2 Å². The van der Waals surface area contributed by atoms with Crippen molar-refractivity contribution in [3.63, 3.8) is 0 Å². The van der Waals surface area contributed by atoms with Crippen LogP contribution in [0.1, 0.15) is 11.5 Å². The van der Waals surface area contributed by atoms with Gasteiger partial charge in [0.05, 0.1) is 16.8 Å². The van der Waals surface area contributed by atoms with Crippen molar-refractivity contribution in [2.75, 3.05) is 7.11 Å².